The van der Waals surface area contributed by atoms with E-state index in [1.807, 2.05) is 30.3 Å². The highest BCUT2D eigenvalue weighted by molar-refractivity contribution is 6.30. The number of methoxy groups -OCH3 is 1. The Bertz CT molecular complexity index is 1510. The second-order valence-corrected chi connectivity index (χ2v) is 14.8. The number of carbonyl (C=O) groups is 6. The van der Waals surface area contributed by atoms with Crippen LogP contribution >= 0.6 is 11.6 Å². The minimum Gasteiger partial charge on any atom is -0.469 e. The van der Waals surface area contributed by atoms with E-state index in [2.05, 4.69) is 10.6 Å². The van der Waals surface area contributed by atoms with Crippen molar-refractivity contribution in [2.24, 2.45) is 11.8 Å². The van der Waals surface area contributed by atoms with Crippen LogP contribution in [-0.2, 0) is 51.1 Å². The topological polar surface area (TPSA) is 151 Å². The van der Waals surface area contributed by atoms with Crippen LogP contribution in [0.2, 0.25) is 5.02 Å². The van der Waals surface area contributed by atoms with Crippen molar-refractivity contribution in [3.63, 3.8) is 0 Å². The predicted octanol–water partition coefficient (Wildman–Crippen LogP) is 4.36. The molecule has 52 heavy (non-hydrogen) atoms. The Morgan fingerprint density at radius 3 is 1.92 bits per heavy atom. The van der Waals surface area contributed by atoms with E-state index in [0.717, 1.165) is 11.1 Å². The van der Waals surface area contributed by atoms with Crippen LogP contribution in [-0.4, -0.2) is 96.8 Å². The summed E-state index contributed by atoms with van der Waals surface area (Å²) in [4.78, 5) is 81.6. The third-order valence-corrected chi connectivity index (χ3v) is 8.80. The molecule has 4 amide bonds. The first-order chi connectivity index (χ1) is 24.3. The second-order valence-electron chi connectivity index (χ2n) is 14.4. The van der Waals surface area contributed by atoms with Crippen LogP contribution < -0.4 is 10.6 Å². The Morgan fingerprint density at radius 2 is 1.37 bits per heavy atom. The highest BCUT2D eigenvalue weighted by atomic mass is 35.5. The molecule has 0 radical (unpaired) electrons. The number of carbonyl (C=O) groups excluding carboxylic acids is 6. The van der Waals surface area contributed by atoms with Crippen molar-refractivity contribution >= 4 is 47.2 Å². The molecular formula is C39H55ClN4O8. The zero-order chi connectivity index (χ0) is 39.2. The van der Waals surface area contributed by atoms with Crippen molar-refractivity contribution < 1.29 is 38.2 Å². The lowest BCUT2D eigenvalue weighted by atomic mass is 9.94. The van der Waals surface area contributed by atoms with Gasteiger partial charge in [-0.15, -0.1) is 0 Å². The molecule has 0 aliphatic heterocycles. The first-order valence-electron chi connectivity index (χ1n) is 17.5. The summed E-state index contributed by atoms with van der Waals surface area (Å²) < 4.78 is 10.3. The highest BCUT2D eigenvalue weighted by Crippen LogP contribution is 2.19. The number of halogens is 1. The maximum Gasteiger partial charge on any atom is 0.308 e. The number of ether oxygens (including phenoxy) is 2. The number of nitrogens with one attached hydrogen (secondary N) is 2. The first kappa shape index (κ1) is 43.7. The molecule has 0 saturated heterocycles. The van der Waals surface area contributed by atoms with E-state index in [4.69, 9.17) is 21.1 Å². The number of rotatable bonds is 18. The molecule has 4 atom stereocenters. The van der Waals surface area contributed by atoms with Gasteiger partial charge in [-0.25, -0.2) is 0 Å². The summed E-state index contributed by atoms with van der Waals surface area (Å²) in [5.74, 6) is -3.86. The molecule has 2 rings (SSSR count). The van der Waals surface area contributed by atoms with Crippen LogP contribution in [0.3, 0.4) is 0 Å². The van der Waals surface area contributed by atoms with Crippen molar-refractivity contribution in [2.75, 3.05) is 27.7 Å². The summed E-state index contributed by atoms with van der Waals surface area (Å²) in [6, 6.07) is 14.1. The molecule has 2 aromatic rings. The molecule has 286 valence electrons. The summed E-state index contributed by atoms with van der Waals surface area (Å²) in [6.45, 7) is 10.4. The quantitative estimate of drug-likeness (QED) is 0.214. The molecule has 0 aromatic heterocycles. The fourth-order valence-electron chi connectivity index (χ4n) is 5.37. The third-order valence-electron chi connectivity index (χ3n) is 8.55. The largest absolute Gasteiger partial charge is 0.469 e. The molecule has 0 heterocycles. The van der Waals surface area contributed by atoms with Gasteiger partial charge in [0.2, 0.25) is 23.6 Å². The lowest BCUT2D eigenvalue weighted by molar-refractivity contribution is -0.158. The lowest BCUT2D eigenvalue weighted by Gasteiger charge is -2.32. The smallest absolute Gasteiger partial charge is 0.308 e. The summed E-state index contributed by atoms with van der Waals surface area (Å²) >= 11 is 6.10. The number of nitrogens with zero attached hydrogens (tertiary/aromatic N) is 2. The van der Waals surface area contributed by atoms with Crippen molar-refractivity contribution in [1.29, 1.82) is 0 Å². The van der Waals surface area contributed by atoms with Gasteiger partial charge < -0.3 is 29.9 Å². The first-order valence-corrected chi connectivity index (χ1v) is 17.9. The molecule has 0 spiro atoms. The van der Waals surface area contributed by atoms with E-state index in [1.54, 1.807) is 72.9 Å². The van der Waals surface area contributed by atoms with Crippen LogP contribution in [0.4, 0.5) is 0 Å². The molecule has 2 unspecified atom stereocenters. The maximum absolute atomic E-state index is 14.0. The average Bonchev–Trinajstić information content (AvgIpc) is 3.08. The minimum absolute atomic E-state index is 0.0903. The van der Waals surface area contributed by atoms with Crippen LogP contribution in [0.1, 0.15) is 71.9 Å². The van der Waals surface area contributed by atoms with E-state index in [-0.39, 0.29) is 37.6 Å². The number of hydrogen-bond donors (Lipinski definition) is 2. The molecule has 0 aliphatic rings. The summed E-state index contributed by atoms with van der Waals surface area (Å²) in [5, 5.41) is 6.09. The Kier molecular flexibility index (Phi) is 17.3. The van der Waals surface area contributed by atoms with Crippen molar-refractivity contribution in [2.45, 2.75) is 97.4 Å². The van der Waals surface area contributed by atoms with Crippen molar-refractivity contribution in [1.82, 2.24) is 20.4 Å². The van der Waals surface area contributed by atoms with E-state index in [0.29, 0.717) is 11.4 Å². The van der Waals surface area contributed by atoms with Crippen molar-refractivity contribution in [3.8, 4) is 0 Å². The Labute approximate surface area is 312 Å². The van der Waals surface area contributed by atoms with Gasteiger partial charge in [0.1, 0.15) is 11.6 Å². The number of hydrogen-bond acceptors (Lipinski definition) is 8. The second kappa shape index (κ2) is 20.6. The minimum atomic E-state index is -1.22. The number of amides is 4. The third kappa shape index (κ3) is 15.0. The fourth-order valence-corrected chi connectivity index (χ4v) is 5.50. The maximum atomic E-state index is 14.0. The van der Waals surface area contributed by atoms with Crippen LogP contribution in [0.15, 0.2) is 54.6 Å². The van der Waals surface area contributed by atoms with Crippen LogP contribution in [0.25, 0.3) is 0 Å². The van der Waals surface area contributed by atoms with E-state index in [1.165, 1.54) is 24.0 Å². The Morgan fingerprint density at radius 1 is 0.769 bits per heavy atom. The van der Waals surface area contributed by atoms with E-state index < -0.39 is 65.7 Å². The van der Waals surface area contributed by atoms with Gasteiger partial charge in [0.05, 0.1) is 25.9 Å². The molecule has 0 aliphatic carbocycles. The van der Waals surface area contributed by atoms with Gasteiger partial charge in [-0.1, -0.05) is 67.9 Å². The molecule has 2 aromatic carbocycles. The molecule has 0 bridgehead atoms. The van der Waals surface area contributed by atoms with Gasteiger partial charge in [0, 0.05) is 50.1 Å². The van der Waals surface area contributed by atoms with Gasteiger partial charge >= 0.3 is 11.9 Å². The lowest BCUT2D eigenvalue weighted by Crippen LogP contribution is -2.53. The summed E-state index contributed by atoms with van der Waals surface area (Å²) in [6.07, 6.45) is 0.0144. The molecular weight excluding hydrogens is 688 g/mol. The van der Waals surface area contributed by atoms with Crippen molar-refractivity contribution in [3.05, 3.63) is 70.7 Å². The average molecular weight is 743 g/mol. The fraction of sp³-hybridized carbons (Fsp3) is 0.538. The van der Waals surface area contributed by atoms with Gasteiger partial charge in [0.15, 0.2) is 0 Å². The molecule has 12 nitrogen and oxygen atoms in total. The summed E-state index contributed by atoms with van der Waals surface area (Å²) in [7, 11) is 4.44. The number of esters is 2. The molecule has 0 saturated carbocycles. The standard InChI is InChI=1S/C39H55ClN4O8/c1-25(2)36(48)42-32(23-35(47)52-39(4,5)6)38(50)44(8)31(20-28-15-17-30(40)18-16-28)22-33(45)41-24-26(3)43(7)37(49)29(21-34(46)51-9)19-27-13-11-10-12-14-27/h10-18,25-26,29,31-32H,19-24H2,1-9H3,(H,41,45)(H,42,48)/t26-,29?,31?,32-/m0/s1. The van der Waals surface area contributed by atoms with E-state index >= 15 is 0 Å². The zero-order valence-electron chi connectivity index (χ0n) is 31.9. The predicted molar refractivity (Wildman–Crippen MR) is 199 cm³/mol. The molecule has 0 fully saturated rings. The normalized spacial score (nSPS) is 13.6. The number of benzene rings is 2. The Balaban J connectivity index is 2.23. The van der Waals surface area contributed by atoms with Gasteiger partial charge in [-0.05, 0) is 63.8 Å². The van der Waals surface area contributed by atoms with Gasteiger partial charge in [-0.3, -0.25) is 28.8 Å². The van der Waals surface area contributed by atoms with Crippen LogP contribution in [0.5, 0.6) is 0 Å². The van der Waals surface area contributed by atoms with Gasteiger partial charge in [0.25, 0.3) is 0 Å². The highest BCUT2D eigenvalue weighted by Gasteiger charge is 2.34. The van der Waals surface area contributed by atoms with Gasteiger partial charge in [-0.2, -0.15) is 0 Å². The van der Waals surface area contributed by atoms with E-state index in [9.17, 15) is 28.8 Å². The zero-order valence-corrected chi connectivity index (χ0v) is 32.6. The van der Waals surface area contributed by atoms with Crippen LogP contribution in [0, 0.1) is 11.8 Å². The molecule has 13 heteroatoms. The number of likely N-dealkylation sites (N-methyl/N-ethyl adjacent to an activating group) is 2. The Hall–Kier alpha value is -4.45. The summed E-state index contributed by atoms with van der Waals surface area (Å²) in [5.41, 5.74) is 0.917. The monoisotopic (exact) mass is 742 g/mol. The SMILES string of the molecule is COC(=O)CC(Cc1ccccc1)C(=O)N(C)[C@@H](C)CNC(=O)CC(Cc1ccc(Cl)cc1)N(C)C(=O)[C@H](CC(=O)OC(C)(C)C)NC(=O)C(C)C. The molecule has 2 N–H and O–H groups in total.